The number of aromatic amines is 2. The molecule has 1 aromatic carbocycles. The van der Waals surface area contributed by atoms with E-state index in [-0.39, 0.29) is 62.3 Å². The second-order valence-electron chi connectivity index (χ2n) is 31.7. The first-order chi connectivity index (χ1) is 41.0. The summed E-state index contributed by atoms with van der Waals surface area (Å²) in [6.07, 6.45) is 0. The molecule has 0 saturated carbocycles. The predicted octanol–water partition coefficient (Wildman–Crippen LogP) is 19.2. The van der Waals surface area contributed by atoms with Gasteiger partial charge in [0.05, 0.1) is 0 Å². The summed E-state index contributed by atoms with van der Waals surface area (Å²) < 4.78 is -1.70. The number of nitrogens with zero attached hydrogens (tertiary/aromatic N) is 14. The van der Waals surface area contributed by atoms with Crippen LogP contribution in [0.3, 0.4) is 0 Å². The average Bonchev–Trinajstić information content (AvgIpc) is 1.54. The van der Waals surface area contributed by atoms with Crippen LogP contribution in [0.1, 0.15) is 198 Å². The van der Waals surface area contributed by atoms with Crippen LogP contribution in [0.2, 0.25) is 0 Å². The van der Waals surface area contributed by atoms with Crippen LogP contribution in [-0.4, -0.2) is 118 Å². The van der Waals surface area contributed by atoms with Gasteiger partial charge in [0.25, 0.3) is 0 Å². The van der Waals surface area contributed by atoms with E-state index in [1.54, 1.807) is 82.3 Å². The number of hydrogen-bond donors (Lipinski definition) is 3. The van der Waals surface area contributed by atoms with Gasteiger partial charge in [-0.3, -0.25) is 0 Å². The highest BCUT2D eigenvalue weighted by atomic mass is 32.2. The van der Waals surface area contributed by atoms with Crippen LogP contribution in [0.15, 0.2) is 47.3 Å². The van der Waals surface area contributed by atoms with Gasteiger partial charge in [0.15, 0.2) is 45.9 Å². The number of H-pyrrole nitrogens is 2. The summed E-state index contributed by atoms with van der Waals surface area (Å²) in [5, 5.41) is 17.3. The summed E-state index contributed by atoms with van der Waals surface area (Å²) in [7, 11) is 0. The number of phenols is 1. The number of thioether (sulfide) groups is 7. The first-order valence-electron chi connectivity index (χ1n) is 30.2. The highest BCUT2D eigenvalue weighted by molar-refractivity contribution is 8.04. The maximum absolute atomic E-state index is 12.1. The van der Waals surface area contributed by atoms with Crippen LogP contribution >= 0.6 is 82.3 Å². The van der Waals surface area contributed by atoms with Crippen LogP contribution in [0.25, 0.3) is 102 Å². The third kappa shape index (κ3) is 15.5. The maximum atomic E-state index is 12.1. The first-order valence-corrected chi connectivity index (χ1v) is 36.0. The van der Waals surface area contributed by atoms with Crippen LogP contribution in [-0.2, 0) is 10.8 Å². The molecular formula is C66H86N16OS7. The molecule has 0 saturated heterocycles. The molecule has 0 amide bonds. The van der Waals surface area contributed by atoms with E-state index < -0.39 is 10.8 Å². The second-order valence-corrected chi connectivity index (χ2v) is 44.4. The fourth-order valence-corrected chi connectivity index (χ4v) is 16.3. The van der Waals surface area contributed by atoms with Crippen molar-refractivity contribution in [1.82, 2.24) is 79.7 Å². The first kappa shape index (κ1) is 68.0. The van der Waals surface area contributed by atoms with Gasteiger partial charge in [-0.05, 0) is 23.0 Å². The number of nitrogens with one attached hydrogen (secondary N) is 2. The second kappa shape index (κ2) is 23.3. The molecule has 17 nitrogen and oxygen atoms in total. The van der Waals surface area contributed by atoms with Crippen LogP contribution in [0.5, 0.6) is 5.75 Å². The predicted molar refractivity (Wildman–Crippen MR) is 382 cm³/mol. The third-order valence-electron chi connectivity index (χ3n) is 12.7. The number of aromatic hydroxyl groups is 1. The van der Waals surface area contributed by atoms with Crippen LogP contribution < -0.4 is 0 Å². The highest BCUT2D eigenvalue weighted by Crippen LogP contribution is 2.50. The molecule has 3 N–H and O–H groups in total. The van der Waals surface area contributed by atoms with E-state index in [1.807, 2.05) is 0 Å². The topological polar surface area (TPSA) is 232 Å². The molecule has 0 fully saturated rings. The van der Waals surface area contributed by atoms with Gasteiger partial charge in [0, 0.05) is 49.9 Å². The number of benzene rings is 1. The monoisotopic (exact) mass is 1340 g/mol. The van der Waals surface area contributed by atoms with Crippen molar-refractivity contribution in [2.45, 2.75) is 266 Å². The van der Waals surface area contributed by atoms with E-state index in [9.17, 15) is 5.11 Å². The van der Waals surface area contributed by atoms with Crippen LogP contribution in [0, 0.1) is 0 Å². The third-order valence-corrected chi connectivity index (χ3v) is 20.7. The standard InChI is InChI=1S/C66H86N16OS7/c1-58(2,3)31-28-30(29-32(42(31)83)59(4,5)6)33-51(84-60(7,8)9)68-35-34(67-33)43-75-44(35)77-46-38-39(72-55(88-64(19,20)21)54(71-38)87-63(16,17)18)48(79-46)81-50-41-40(73-56(89-65(22,23)24)57(74-41)90-66(25,26)27)49(82-50)80-47-37-36(45(76-43)78-47)69-52(85-61(10,11)12)53(70-37)86-62(13,14)15/h28-29,83H,1-27H3,(H2,75,76,77,78,79,80,81,82). The lowest BCUT2D eigenvalue weighted by Gasteiger charge is -2.28. The number of fused-ring (bicyclic) bond motifs is 20. The minimum Gasteiger partial charge on any atom is -0.507 e. The Kier molecular flexibility index (Phi) is 17.6. The minimum atomic E-state index is -0.427. The van der Waals surface area contributed by atoms with Crippen molar-refractivity contribution >= 4 is 127 Å². The summed E-state index contributed by atoms with van der Waals surface area (Å²) in [5.74, 6) is 1.30. The number of aromatic nitrogens is 16. The molecule has 8 bridgehead atoms. The summed E-state index contributed by atoms with van der Waals surface area (Å²) in [5.41, 5.74) is 7.17. The Balaban J connectivity index is 1.43. The highest BCUT2D eigenvalue weighted by Gasteiger charge is 2.36. The Bertz CT molecular complexity index is 4320. The van der Waals surface area contributed by atoms with Gasteiger partial charge < -0.3 is 15.1 Å². The van der Waals surface area contributed by atoms with E-state index >= 15 is 0 Å². The number of phenolic OH excluding ortho intramolecular Hbond substituents is 1. The van der Waals surface area contributed by atoms with E-state index in [4.69, 9.17) is 69.8 Å². The van der Waals surface area contributed by atoms with E-state index in [0.29, 0.717) is 78.2 Å². The van der Waals surface area contributed by atoms with Gasteiger partial charge in [0.2, 0.25) is 0 Å². The van der Waals surface area contributed by atoms with E-state index in [1.165, 1.54) is 0 Å². The van der Waals surface area contributed by atoms with Crippen molar-refractivity contribution in [2.24, 2.45) is 0 Å². The molecule has 24 heteroatoms. The van der Waals surface area contributed by atoms with Crippen molar-refractivity contribution in [3.63, 3.8) is 0 Å². The molecule has 0 atom stereocenters. The smallest absolute Gasteiger partial charge is 0.184 e. The summed E-state index contributed by atoms with van der Waals surface area (Å²) in [6, 6.07) is 4.10. The average molecular weight is 1340 g/mol. The minimum absolute atomic E-state index is 0.222. The summed E-state index contributed by atoms with van der Waals surface area (Å²) in [4.78, 5) is 83.9. The fraction of sp³-hybridized carbons (Fsp3) is 0.545. The van der Waals surface area contributed by atoms with Gasteiger partial charge >= 0.3 is 0 Å². The molecule has 0 unspecified atom stereocenters. The Morgan fingerprint density at radius 1 is 0.267 bits per heavy atom. The lowest BCUT2D eigenvalue weighted by molar-refractivity contribution is 0.423. The van der Waals surface area contributed by atoms with Gasteiger partial charge in [0.1, 0.15) is 91.5 Å². The largest absolute Gasteiger partial charge is 0.507 e. The molecule has 0 spiro atoms. The SMILES string of the molecule is CC(C)(C)Sc1nc2c(nc1SC(C)(C)C)-c1nc-2nc2[nH]c(nc3nc(nc4[nH]c(n1)c1nc(SC(C)(C)C)c(SC(C)(C)C)nc41)-c1nc(-c4cc(C(C)(C)C)c(O)c(C(C)(C)C)c4)c(SC(C)(C)C)nc1-3)c1nc(SC(C)(C)C)c(SC(C)(C)C)nc21. The molecule has 0 aliphatic carbocycles. The molecule has 10 rings (SSSR count). The lowest BCUT2D eigenvalue weighted by Crippen LogP contribution is -2.17. The Morgan fingerprint density at radius 3 is 0.733 bits per heavy atom. The molecule has 7 aromatic heterocycles. The number of rotatable bonds is 8. The lowest BCUT2D eigenvalue weighted by atomic mass is 9.78. The van der Waals surface area contributed by atoms with Gasteiger partial charge in [-0.15, -0.1) is 0 Å². The van der Waals surface area contributed by atoms with Gasteiger partial charge in [-0.1, -0.05) is 269 Å². The normalized spacial score (nSPS) is 13.9. The summed E-state index contributed by atoms with van der Waals surface area (Å²) in [6.45, 7) is 58.3. The molecule has 478 valence electrons. The molecule has 90 heavy (non-hydrogen) atoms. The van der Waals surface area contributed by atoms with Crippen molar-refractivity contribution in [3.8, 4) is 63.1 Å². The van der Waals surface area contributed by atoms with Crippen molar-refractivity contribution in [1.29, 1.82) is 0 Å². The van der Waals surface area contributed by atoms with Gasteiger partial charge in [-0.25, -0.2) is 69.8 Å². The Morgan fingerprint density at radius 2 is 0.489 bits per heavy atom. The van der Waals surface area contributed by atoms with Crippen molar-refractivity contribution < 1.29 is 5.11 Å². The zero-order valence-electron chi connectivity index (χ0n) is 57.2. The quantitative estimate of drug-likeness (QED) is 0.120. The maximum Gasteiger partial charge on any atom is 0.184 e. The van der Waals surface area contributed by atoms with Gasteiger partial charge in [-0.2, -0.15) is 0 Å². The van der Waals surface area contributed by atoms with E-state index in [2.05, 4.69) is 209 Å². The molecule has 8 aromatic rings. The van der Waals surface area contributed by atoms with Crippen molar-refractivity contribution in [3.05, 3.63) is 23.3 Å². The number of hydrogen-bond acceptors (Lipinski definition) is 22. The van der Waals surface area contributed by atoms with Crippen molar-refractivity contribution in [2.75, 3.05) is 0 Å². The fourth-order valence-electron chi connectivity index (χ4n) is 9.45. The summed E-state index contributed by atoms with van der Waals surface area (Å²) >= 11 is 11.5. The zero-order valence-corrected chi connectivity index (χ0v) is 62.9. The Hall–Kier alpha value is -4.85. The zero-order chi connectivity index (χ0) is 66.3. The molecule has 2 aliphatic rings. The molecule has 0 radical (unpaired) electrons. The Labute approximate surface area is 560 Å². The molecular weight excluding hydrogens is 1260 g/mol. The van der Waals surface area contributed by atoms with Crippen LogP contribution in [0.4, 0.5) is 0 Å². The molecule has 9 heterocycles. The molecule has 2 aliphatic heterocycles. The van der Waals surface area contributed by atoms with E-state index in [0.717, 1.165) is 46.8 Å².